The van der Waals surface area contributed by atoms with E-state index in [2.05, 4.69) is 33.3 Å². The second-order valence-electron chi connectivity index (χ2n) is 6.63. The molecule has 0 spiro atoms. The SMILES string of the molecule is C[N+](C)(C)c1ccc2[c-]c(-c3[c-]c4ccccc4s3)c(=O)oc2c1.[Ir]. The number of quaternary nitrogens is 1. The molecule has 0 aliphatic heterocycles. The molecule has 0 N–H and O–H groups in total. The van der Waals surface area contributed by atoms with Gasteiger partial charge in [0.05, 0.1) is 26.7 Å². The van der Waals surface area contributed by atoms with E-state index in [1.54, 1.807) is 0 Å². The number of hydrogen-bond donors (Lipinski definition) is 0. The Morgan fingerprint density at radius 3 is 2.48 bits per heavy atom. The van der Waals surface area contributed by atoms with Crippen LogP contribution >= 0.6 is 11.3 Å². The zero-order valence-electron chi connectivity index (χ0n) is 14.0. The fourth-order valence-corrected chi connectivity index (χ4v) is 3.63. The quantitative estimate of drug-likeness (QED) is 0.219. The van der Waals surface area contributed by atoms with E-state index in [-0.39, 0.29) is 25.7 Å². The summed E-state index contributed by atoms with van der Waals surface area (Å²) in [4.78, 5) is 13.2. The van der Waals surface area contributed by atoms with Crippen molar-refractivity contribution in [3.05, 3.63) is 65.0 Å². The molecule has 0 atom stereocenters. The molecule has 25 heavy (non-hydrogen) atoms. The van der Waals surface area contributed by atoms with Crippen LogP contribution in [0.4, 0.5) is 5.69 Å². The number of hydrogen-bond acceptors (Lipinski definition) is 3. The smallest absolute Gasteiger partial charge is 0.225 e. The topological polar surface area (TPSA) is 30.2 Å². The van der Waals surface area contributed by atoms with Crippen molar-refractivity contribution >= 4 is 38.1 Å². The third kappa shape index (κ3) is 3.33. The molecule has 4 aromatic rings. The van der Waals surface area contributed by atoms with Gasteiger partial charge in [-0.1, -0.05) is 27.8 Å². The molecule has 0 aliphatic carbocycles. The number of nitrogens with zero attached hydrogens (tertiary/aromatic N) is 1. The summed E-state index contributed by atoms with van der Waals surface area (Å²) in [5.74, 6) is 0. The second-order valence-corrected chi connectivity index (χ2v) is 7.69. The molecule has 5 heteroatoms. The third-order valence-electron chi connectivity index (χ3n) is 3.98. The third-order valence-corrected chi connectivity index (χ3v) is 5.07. The molecule has 0 saturated carbocycles. The van der Waals surface area contributed by atoms with Crippen molar-refractivity contribution in [1.82, 2.24) is 4.48 Å². The summed E-state index contributed by atoms with van der Waals surface area (Å²) >= 11 is 1.53. The minimum atomic E-state index is -0.371. The van der Waals surface area contributed by atoms with Crippen LogP contribution in [0.1, 0.15) is 0 Å². The van der Waals surface area contributed by atoms with Gasteiger partial charge in [0.25, 0.3) is 0 Å². The summed E-state index contributed by atoms with van der Waals surface area (Å²) in [7, 11) is 6.22. The van der Waals surface area contributed by atoms with Crippen LogP contribution in [0.15, 0.2) is 51.7 Å². The molecular weight excluding hydrogens is 511 g/mol. The minimum Gasteiger partial charge on any atom is -0.503 e. The van der Waals surface area contributed by atoms with Gasteiger partial charge in [0.15, 0.2) is 0 Å². The van der Waals surface area contributed by atoms with Crippen molar-refractivity contribution in [3.8, 4) is 10.4 Å². The van der Waals surface area contributed by atoms with E-state index in [9.17, 15) is 4.79 Å². The van der Waals surface area contributed by atoms with E-state index in [4.69, 9.17) is 4.42 Å². The van der Waals surface area contributed by atoms with Gasteiger partial charge in [-0.2, -0.15) is 12.1 Å². The van der Waals surface area contributed by atoms with Crippen molar-refractivity contribution < 1.29 is 24.5 Å². The Morgan fingerprint density at radius 2 is 1.76 bits per heavy atom. The first-order valence-corrected chi connectivity index (χ1v) is 8.47. The number of fused-ring (bicyclic) bond motifs is 2. The first-order chi connectivity index (χ1) is 11.4. The van der Waals surface area contributed by atoms with Gasteiger partial charge in [0, 0.05) is 26.2 Å². The maximum absolute atomic E-state index is 12.5. The normalized spacial score (nSPS) is 11.6. The molecule has 4 rings (SSSR count). The van der Waals surface area contributed by atoms with E-state index in [0.717, 1.165) is 26.0 Å². The van der Waals surface area contributed by atoms with E-state index >= 15 is 0 Å². The molecule has 3 nitrogen and oxygen atoms in total. The Kier molecular flexibility index (Phi) is 4.69. The Hall–Kier alpha value is -1.78. The van der Waals surface area contributed by atoms with Gasteiger partial charge in [-0.3, -0.25) is 4.48 Å². The van der Waals surface area contributed by atoms with Crippen LogP contribution in [-0.2, 0) is 20.1 Å². The van der Waals surface area contributed by atoms with Crippen LogP contribution in [0.25, 0.3) is 31.5 Å². The standard InChI is InChI=1S/C20H16NO2S.Ir/c1-21(2,3)15-9-8-13-10-16(20(22)23-17(13)12-15)19-11-14-6-4-5-7-18(14)24-19;/h4-9,12H,1-3H3;/q-1;. The van der Waals surface area contributed by atoms with Crippen LogP contribution in [0.2, 0.25) is 0 Å². The van der Waals surface area contributed by atoms with Crippen molar-refractivity contribution in [2.75, 3.05) is 21.1 Å². The van der Waals surface area contributed by atoms with E-state index in [0.29, 0.717) is 15.6 Å². The predicted molar refractivity (Wildman–Crippen MR) is 101 cm³/mol. The number of benzene rings is 2. The number of thiophene rings is 1. The first kappa shape index (κ1) is 18.0. The molecular formula is C20H16IrNO2S-. The molecule has 0 bridgehead atoms. The molecule has 0 unspecified atom stereocenters. The summed E-state index contributed by atoms with van der Waals surface area (Å²) < 4.78 is 7.33. The molecule has 0 fully saturated rings. The Bertz CT molecular complexity index is 1090. The maximum Gasteiger partial charge on any atom is 0.225 e. The van der Waals surface area contributed by atoms with Crippen LogP contribution < -0.4 is 10.1 Å². The zero-order valence-corrected chi connectivity index (χ0v) is 17.3. The molecule has 2 aromatic heterocycles. The predicted octanol–water partition coefficient (Wildman–Crippen LogP) is 4.47. The van der Waals surface area contributed by atoms with Gasteiger partial charge in [-0.05, 0) is 6.07 Å². The largest absolute Gasteiger partial charge is 0.503 e. The van der Waals surface area contributed by atoms with Crippen molar-refractivity contribution in [1.29, 1.82) is 0 Å². The fraction of sp³-hybridized carbons (Fsp3) is 0.150. The average Bonchev–Trinajstić information content (AvgIpc) is 2.96. The van der Waals surface area contributed by atoms with Crippen molar-refractivity contribution in [3.63, 3.8) is 0 Å². The van der Waals surface area contributed by atoms with Crippen LogP contribution in [0.3, 0.4) is 0 Å². The molecule has 1 radical (unpaired) electrons. The van der Waals surface area contributed by atoms with E-state index < -0.39 is 0 Å². The Balaban J connectivity index is 0.00000182. The summed E-state index contributed by atoms with van der Waals surface area (Å²) in [5.41, 5.74) is 1.71. The van der Waals surface area contributed by atoms with Crippen molar-refractivity contribution in [2.24, 2.45) is 0 Å². The maximum atomic E-state index is 12.5. The van der Waals surface area contributed by atoms with Gasteiger partial charge in [-0.25, -0.2) is 11.3 Å². The molecule has 129 valence electrons. The Labute approximate surface area is 163 Å². The van der Waals surface area contributed by atoms with Gasteiger partial charge in [-0.15, -0.1) is 28.5 Å². The second kappa shape index (κ2) is 6.50. The molecule has 0 saturated heterocycles. The van der Waals surface area contributed by atoms with Crippen LogP contribution in [-0.4, -0.2) is 21.1 Å². The van der Waals surface area contributed by atoms with Crippen LogP contribution in [0.5, 0.6) is 0 Å². The van der Waals surface area contributed by atoms with Gasteiger partial charge in [0.2, 0.25) is 5.63 Å². The molecule has 0 amide bonds. The molecule has 2 aromatic carbocycles. The van der Waals surface area contributed by atoms with Crippen molar-refractivity contribution in [2.45, 2.75) is 0 Å². The van der Waals surface area contributed by atoms with E-state index in [1.807, 2.05) is 42.5 Å². The van der Waals surface area contributed by atoms with Gasteiger partial charge in [0.1, 0.15) is 5.69 Å². The summed E-state index contributed by atoms with van der Waals surface area (Å²) in [6.07, 6.45) is 0. The number of rotatable bonds is 2. The molecule has 2 heterocycles. The minimum absolute atomic E-state index is 0. The van der Waals surface area contributed by atoms with E-state index in [1.165, 1.54) is 11.3 Å². The van der Waals surface area contributed by atoms with Gasteiger partial charge >= 0.3 is 0 Å². The average molecular weight is 527 g/mol. The van der Waals surface area contributed by atoms with Gasteiger partial charge < -0.3 is 9.21 Å². The first-order valence-electron chi connectivity index (χ1n) is 7.65. The van der Waals surface area contributed by atoms with Crippen LogP contribution in [0, 0.1) is 12.1 Å². The fourth-order valence-electron chi connectivity index (χ4n) is 2.63. The summed E-state index contributed by atoms with van der Waals surface area (Å²) in [6, 6.07) is 20.4. The Morgan fingerprint density at radius 1 is 1.00 bits per heavy atom. The summed E-state index contributed by atoms with van der Waals surface area (Å²) in [6.45, 7) is 0. The molecule has 0 aliphatic rings. The monoisotopic (exact) mass is 527 g/mol. The zero-order chi connectivity index (χ0) is 16.9. The summed E-state index contributed by atoms with van der Waals surface area (Å²) in [5, 5.41) is 1.80.